The molecule has 0 N–H and O–H groups in total. The van der Waals surface area contributed by atoms with Crippen molar-refractivity contribution in [3.05, 3.63) is 23.8 Å². The van der Waals surface area contributed by atoms with Gasteiger partial charge in [-0.2, -0.15) is 0 Å². The maximum atomic E-state index is 11.4. The summed E-state index contributed by atoms with van der Waals surface area (Å²) in [7, 11) is 0. The second kappa shape index (κ2) is 5.70. The zero-order valence-electron chi connectivity index (χ0n) is 11.4. The van der Waals surface area contributed by atoms with Crippen molar-refractivity contribution in [2.24, 2.45) is 0 Å². The van der Waals surface area contributed by atoms with Crippen molar-refractivity contribution in [3.63, 3.8) is 0 Å². The Balaban J connectivity index is 1.64. The maximum Gasteiger partial charge on any atom is 0.330 e. The molecule has 18 heavy (non-hydrogen) atoms. The molecule has 0 aromatic carbocycles. The molecular weight excluding hydrogens is 226 g/mol. The molecule has 0 atom stereocenters. The number of ether oxygens (including phenoxy) is 1. The van der Waals surface area contributed by atoms with Gasteiger partial charge in [0.15, 0.2) is 0 Å². The van der Waals surface area contributed by atoms with Gasteiger partial charge >= 0.3 is 5.97 Å². The number of hydrogen-bond donors (Lipinski definition) is 0. The molecule has 2 aliphatic rings. The first-order valence-electron chi connectivity index (χ1n) is 6.86. The van der Waals surface area contributed by atoms with Crippen molar-refractivity contribution in [2.75, 3.05) is 19.7 Å². The lowest BCUT2D eigenvalue weighted by atomic mass is 10.0. The van der Waals surface area contributed by atoms with Crippen LogP contribution in [0.15, 0.2) is 23.8 Å². The van der Waals surface area contributed by atoms with E-state index in [2.05, 4.69) is 18.7 Å². The van der Waals surface area contributed by atoms with E-state index in [1.807, 2.05) is 6.08 Å². The first kappa shape index (κ1) is 13.3. The van der Waals surface area contributed by atoms with Crippen LogP contribution < -0.4 is 0 Å². The van der Waals surface area contributed by atoms with Crippen molar-refractivity contribution in [1.29, 1.82) is 0 Å². The SMILES string of the molecule is CC1(C)CCCN1CCOC(=O)/C=C/C=C1CC1. The van der Waals surface area contributed by atoms with Crippen molar-refractivity contribution in [3.8, 4) is 0 Å². The monoisotopic (exact) mass is 249 g/mol. The van der Waals surface area contributed by atoms with Crippen LogP contribution in [0, 0.1) is 0 Å². The van der Waals surface area contributed by atoms with Gasteiger partial charge in [-0.3, -0.25) is 4.90 Å². The highest BCUT2D eigenvalue weighted by Gasteiger charge is 2.31. The smallest absolute Gasteiger partial charge is 0.330 e. The van der Waals surface area contributed by atoms with E-state index in [1.54, 1.807) is 6.08 Å². The Morgan fingerprint density at radius 3 is 2.83 bits per heavy atom. The average molecular weight is 249 g/mol. The average Bonchev–Trinajstić information content (AvgIpc) is 3.05. The number of allylic oxidation sites excluding steroid dienone is 3. The number of rotatable bonds is 5. The van der Waals surface area contributed by atoms with Gasteiger partial charge < -0.3 is 4.74 Å². The molecule has 1 aliphatic heterocycles. The lowest BCUT2D eigenvalue weighted by molar-refractivity contribution is -0.138. The summed E-state index contributed by atoms with van der Waals surface area (Å²) in [5.41, 5.74) is 1.68. The molecule has 0 bridgehead atoms. The van der Waals surface area contributed by atoms with Gasteiger partial charge in [-0.15, -0.1) is 0 Å². The van der Waals surface area contributed by atoms with Crippen LogP contribution in [-0.4, -0.2) is 36.1 Å². The summed E-state index contributed by atoms with van der Waals surface area (Å²) in [5.74, 6) is -0.232. The van der Waals surface area contributed by atoms with Gasteiger partial charge in [0.2, 0.25) is 0 Å². The minimum absolute atomic E-state index is 0.232. The van der Waals surface area contributed by atoms with E-state index in [4.69, 9.17) is 4.74 Å². The third-order valence-corrected chi connectivity index (χ3v) is 3.78. The number of carbonyl (C=O) groups excluding carboxylic acids is 1. The molecule has 1 aliphatic carbocycles. The topological polar surface area (TPSA) is 29.5 Å². The van der Waals surface area contributed by atoms with Crippen molar-refractivity contribution in [2.45, 2.75) is 45.1 Å². The molecule has 0 amide bonds. The van der Waals surface area contributed by atoms with E-state index in [1.165, 1.54) is 37.3 Å². The fourth-order valence-corrected chi connectivity index (χ4v) is 2.38. The molecule has 0 aromatic heterocycles. The quantitative estimate of drug-likeness (QED) is 0.554. The lowest BCUT2D eigenvalue weighted by Crippen LogP contribution is -2.40. The zero-order valence-corrected chi connectivity index (χ0v) is 11.4. The molecule has 1 heterocycles. The van der Waals surface area contributed by atoms with Crippen LogP contribution in [-0.2, 0) is 9.53 Å². The number of likely N-dealkylation sites (tertiary alicyclic amines) is 1. The molecule has 3 nitrogen and oxygen atoms in total. The first-order valence-corrected chi connectivity index (χ1v) is 6.86. The standard InChI is InChI=1S/C15H23NO2/c1-15(2)9-4-10-16(15)11-12-18-14(17)6-3-5-13-7-8-13/h3,5-6H,4,7-12H2,1-2H3/b6-3+. The second-order valence-electron chi connectivity index (χ2n) is 5.75. The van der Waals surface area contributed by atoms with Gasteiger partial charge in [0.05, 0.1) is 0 Å². The van der Waals surface area contributed by atoms with Gasteiger partial charge in [0, 0.05) is 18.2 Å². The van der Waals surface area contributed by atoms with E-state index >= 15 is 0 Å². The Hall–Kier alpha value is -1.09. The zero-order chi connectivity index (χ0) is 13.0. The summed E-state index contributed by atoms with van der Waals surface area (Å²) in [6.07, 6.45) is 10.2. The summed E-state index contributed by atoms with van der Waals surface area (Å²) in [4.78, 5) is 13.8. The molecule has 2 fully saturated rings. The van der Waals surface area contributed by atoms with E-state index in [9.17, 15) is 4.79 Å². The molecule has 2 rings (SSSR count). The summed E-state index contributed by atoms with van der Waals surface area (Å²) in [5, 5.41) is 0. The van der Waals surface area contributed by atoms with Gasteiger partial charge in [-0.1, -0.05) is 17.7 Å². The Bertz CT molecular complexity index is 363. The Kier molecular flexibility index (Phi) is 4.23. The highest BCUT2D eigenvalue weighted by Crippen LogP contribution is 2.27. The van der Waals surface area contributed by atoms with E-state index in [-0.39, 0.29) is 11.5 Å². The molecule has 0 spiro atoms. The highest BCUT2D eigenvalue weighted by atomic mass is 16.5. The predicted octanol–water partition coefficient (Wildman–Crippen LogP) is 2.68. The Morgan fingerprint density at radius 1 is 1.44 bits per heavy atom. The molecule has 1 saturated carbocycles. The van der Waals surface area contributed by atoms with Crippen LogP contribution in [0.3, 0.4) is 0 Å². The molecule has 3 heteroatoms. The van der Waals surface area contributed by atoms with Crippen LogP contribution in [0.5, 0.6) is 0 Å². The van der Waals surface area contributed by atoms with Crippen LogP contribution in [0.4, 0.5) is 0 Å². The van der Waals surface area contributed by atoms with E-state index in [0.29, 0.717) is 6.61 Å². The maximum absolute atomic E-state index is 11.4. The molecular formula is C15H23NO2. The van der Waals surface area contributed by atoms with Gasteiger partial charge in [0.1, 0.15) is 6.61 Å². The minimum Gasteiger partial charge on any atom is -0.461 e. The van der Waals surface area contributed by atoms with Crippen LogP contribution >= 0.6 is 0 Å². The van der Waals surface area contributed by atoms with Crippen LogP contribution in [0.25, 0.3) is 0 Å². The molecule has 0 radical (unpaired) electrons. The molecule has 0 unspecified atom stereocenters. The highest BCUT2D eigenvalue weighted by molar-refractivity contribution is 5.82. The summed E-state index contributed by atoms with van der Waals surface area (Å²) >= 11 is 0. The van der Waals surface area contributed by atoms with Crippen LogP contribution in [0.1, 0.15) is 39.5 Å². The summed E-state index contributed by atoms with van der Waals surface area (Å²) in [6, 6.07) is 0. The Morgan fingerprint density at radius 2 is 2.22 bits per heavy atom. The second-order valence-corrected chi connectivity index (χ2v) is 5.75. The number of esters is 1. The van der Waals surface area contributed by atoms with Crippen LogP contribution in [0.2, 0.25) is 0 Å². The fourth-order valence-electron chi connectivity index (χ4n) is 2.38. The number of nitrogens with zero attached hydrogens (tertiary/aromatic N) is 1. The third-order valence-electron chi connectivity index (χ3n) is 3.78. The van der Waals surface area contributed by atoms with E-state index < -0.39 is 0 Å². The summed E-state index contributed by atoms with van der Waals surface area (Å²) in [6.45, 7) is 6.95. The van der Waals surface area contributed by atoms with Gasteiger partial charge in [-0.05, 0) is 46.1 Å². The van der Waals surface area contributed by atoms with Crippen molar-refractivity contribution >= 4 is 5.97 Å². The van der Waals surface area contributed by atoms with Gasteiger partial charge in [0.25, 0.3) is 0 Å². The number of carbonyl (C=O) groups is 1. The first-order chi connectivity index (χ1) is 8.58. The predicted molar refractivity (Wildman–Crippen MR) is 72.3 cm³/mol. The third kappa shape index (κ3) is 3.98. The van der Waals surface area contributed by atoms with E-state index in [0.717, 1.165) is 13.1 Å². The minimum atomic E-state index is -0.232. The molecule has 1 saturated heterocycles. The molecule has 100 valence electrons. The largest absolute Gasteiger partial charge is 0.461 e. The Labute approximate surface area is 109 Å². The van der Waals surface area contributed by atoms with Crippen molar-refractivity contribution < 1.29 is 9.53 Å². The fraction of sp³-hybridized carbons (Fsp3) is 0.667. The van der Waals surface area contributed by atoms with Gasteiger partial charge in [-0.25, -0.2) is 4.79 Å². The normalized spacial score (nSPS) is 22.4. The molecule has 0 aromatic rings. The number of hydrogen-bond acceptors (Lipinski definition) is 3. The lowest BCUT2D eigenvalue weighted by Gasteiger charge is -2.31. The summed E-state index contributed by atoms with van der Waals surface area (Å²) < 4.78 is 5.20. The van der Waals surface area contributed by atoms with Crippen molar-refractivity contribution in [1.82, 2.24) is 4.90 Å².